The Hall–Kier alpha value is -2.17. The van der Waals surface area contributed by atoms with Crippen LogP contribution in [0.3, 0.4) is 0 Å². The van der Waals surface area contributed by atoms with Gasteiger partial charge >= 0.3 is 0 Å². The van der Waals surface area contributed by atoms with Crippen LogP contribution in [0, 0.1) is 0 Å². The number of anilines is 1. The van der Waals surface area contributed by atoms with Crippen molar-refractivity contribution >= 4 is 11.6 Å². The van der Waals surface area contributed by atoms with Crippen molar-refractivity contribution in [1.29, 1.82) is 0 Å². The van der Waals surface area contributed by atoms with Crippen LogP contribution in [-0.2, 0) is 17.6 Å². The molecule has 0 bridgehead atoms. The van der Waals surface area contributed by atoms with Gasteiger partial charge in [-0.3, -0.25) is 4.79 Å². The van der Waals surface area contributed by atoms with E-state index in [1.165, 1.54) is 17.5 Å². The van der Waals surface area contributed by atoms with Gasteiger partial charge in [-0.25, -0.2) is 0 Å². The Balaban J connectivity index is 1.56. The molecule has 120 valence electrons. The number of hydrogen-bond acceptors (Lipinski definition) is 4. The number of aromatic nitrogens is 2. The van der Waals surface area contributed by atoms with Crippen LogP contribution < -0.4 is 4.90 Å². The standard InChI is InChI=1S/C18H21N3O2/c1-11(2)17-19-18(23-20-17)14-9-16(22)21(10-14)15-7-6-12-4-3-5-13(12)8-15/h6-8,11,14H,3-5,9-10H2,1-2H3/t14-/m0/s1. The first-order valence-corrected chi connectivity index (χ1v) is 8.37. The van der Waals surface area contributed by atoms with Crippen LogP contribution in [-0.4, -0.2) is 22.6 Å². The van der Waals surface area contributed by atoms with Crippen LogP contribution in [0.15, 0.2) is 22.7 Å². The molecule has 2 aliphatic rings. The van der Waals surface area contributed by atoms with Crippen LogP contribution in [0.25, 0.3) is 0 Å². The number of nitrogens with zero attached hydrogens (tertiary/aromatic N) is 3. The van der Waals surface area contributed by atoms with E-state index < -0.39 is 0 Å². The van der Waals surface area contributed by atoms with Crippen LogP contribution in [0.2, 0.25) is 0 Å². The van der Waals surface area contributed by atoms with Gasteiger partial charge in [0, 0.05) is 24.6 Å². The number of rotatable bonds is 3. The average Bonchev–Trinajstić information content (AvgIpc) is 3.25. The van der Waals surface area contributed by atoms with Gasteiger partial charge in [-0.2, -0.15) is 4.98 Å². The zero-order chi connectivity index (χ0) is 16.0. The van der Waals surface area contributed by atoms with Gasteiger partial charge in [0.05, 0.1) is 5.92 Å². The zero-order valence-corrected chi connectivity index (χ0v) is 13.6. The maximum absolute atomic E-state index is 12.4. The third-order valence-corrected chi connectivity index (χ3v) is 4.84. The lowest BCUT2D eigenvalue weighted by molar-refractivity contribution is -0.117. The summed E-state index contributed by atoms with van der Waals surface area (Å²) in [6.07, 6.45) is 3.94. The minimum absolute atomic E-state index is 0.00393. The van der Waals surface area contributed by atoms with E-state index in [1.54, 1.807) is 0 Å². The molecule has 1 aromatic heterocycles. The highest BCUT2D eigenvalue weighted by Gasteiger charge is 2.35. The summed E-state index contributed by atoms with van der Waals surface area (Å²) in [7, 11) is 0. The van der Waals surface area contributed by atoms with Crippen molar-refractivity contribution in [2.75, 3.05) is 11.4 Å². The molecule has 1 aliphatic carbocycles. The predicted molar refractivity (Wildman–Crippen MR) is 86.6 cm³/mol. The van der Waals surface area contributed by atoms with E-state index in [0.717, 1.165) is 18.5 Å². The monoisotopic (exact) mass is 311 g/mol. The van der Waals surface area contributed by atoms with E-state index in [4.69, 9.17) is 4.52 Å². The first kappa shape index (κ1) is 14.4. The average molecular weight is 311 g/mol. The summed E-state index contributed by atoms with van der Waals surface area (Å²) in [5, 5.41) is 4.01. The molecule has 0 unspecified atom stereocenters. The van der Waals surface area contributed by atoms with Gasteiger partial charge in [-0.05, 0) is 42.5 Å². The minimum Gasteiger partial charge on any atom is -0.339 e. The number of carbonyl (C=O) groups is 1. The van der Waals surface area contributed by atoms with Crippen LogP contribution in [0.1, 0.15) is 61.4 Å². The Morgan fingerprint density at radius 2 is 2.09 bits per heavy atom. The largest absolute Gasteiger partial charge is 0.339 e. The molecule has 5 heteroatoms. The van der Waals surface area contributed by atoms with Gasteiger partial charge < -0.3 is 9.42 Å². The normalized spacial score (nSPS) is 20.6. The highest BCUT2D eigenvalue weighted by molar-refractivity contribution is 5.96. The summed E-state index contributed by atoms with van der Waals surface area (Å²) in [6.45, 7) is 4.69. The molecular formula is C18H21N3O2. The number of carbonyl (C=O) groups excluding carboxylic acids is 1. The van der Waals surface area contributed by atoms with Crippen molar-refractivity contribution in [1.82, 2.24) is 10.1 Å². The molecule has 1 atom stereocenters. The molecule has 1 saturated heterocycles. The molecule has 0 saturated carbocycles. The summed E-state index contributed by atoms with van der Waals surface area (Å²) in [4.78, 5) is 18.8. The molecule has 0 spiro atoms. The van der Waals surface area contributed by atoms with Crippen LogP contribution in [0.5, 0.6) is 0 Å². The fraction of sp³-hybridized carbons (Fsp3) is 0.500. The van der Waals surface area contributed by atoms with Crippen molar-refractivity contribution in [3.8, 4) is 0 Å². The summed E-state index contributed by atoms with van der Waals surface area (Å²) >= 11 is 0. The van der Waals surface area contributed by atoms with Crippen LogP contribution >= 0.6 is 0 Å². The number of aryl methyl sites for hydroxylation is 2. The van der Waals surface area contributed by atoms with E-state index in [1.807, 2.05) is 18.7 Å². The Labute approximate surface area is 135 Å². The molecule has 1 aliphatic heterocycles. The van der Waals surface area contributed by atoms with Gasteiger partial charge in [-0.15, -0.1) is 0 Å². The first-order chi connectivity index (χ1) is 11.1. The van der Waals surface area contributed by atoms with E-state index in [2.05, 4.69) is 28.3 Å². The molecule has 2 aromatic rings. The lowest BCUT2D eigenvalue weighted by atomic mass is 10.1. The van der Waals surface area contributed by atoms with Crippen molar-refractivity contribution in [2.45, 2.75) is 51.4 Å². The van der Waals surface area contributed by atoms with Crippen molar-refractivity contribution in [2.24, 2.45) is 0 Å². The summed E-state index contributed by atoms with van der Waals surface area (Å²) in [6, 6.07) is 6.41. The molecule has 2 heterocycles. The summed E-state index contributed by atoms with van der Waals surface area (Å²) in [5.74, 6) is 1.67. The lowest BCUT2D eigenvalue weighted by Crippen LogP contribution is -2.24. The number of hydrogen-bond donors (Lipinski definition) is 0. The number of fused-ring (bicyclic) bond motifs is 1. The molecule has 1 aromatic carbocycles. The van der Waals surface area contributed by atoms with Crippen molar-refractivity contribution in [3.05, 3.63) is 41.0 Å². The second-order valence-corrected chi connectivity index (χ2v) is 6.86. The fourth-order valence-electron chi connectivity index (χ4n) is 3.50. The van der Waals surface area contributed by atoms with Crippen LogP contribution in [0.4, 0.5) is 5.69 Å². The Morgan fingerprint density at radius 1 is 1.26 bits per heavy atom. The topological polar surface area (TPSA) is 59.2 Å². The third-order valence-electron chi connectivity index (χ3n) is 4.84. The molecule has 0 radical (unpaired) electrons. The van der Waals surface area contributed by atoms with E-state index >= 15 is 0 Å². The maximum atomic E-state index is 12.4. The van der Waals surface area contributed by atoms with Gasteiger partial charge in [0.25, 0.3) is 0 Å². The van der Waals surface area contributed by atoms with Gasteiger partial charge in [0.2, 0.25) is 11.8 Å². The Bertz CT molecular complexity index is 750. The predicted octanol–water partition coefficient (Wildman–Crippen LogP) is 3.20. The smallest absolute Gasteiger partial charge is 0.232 e. The molecule has 5 nitrogen and oxygen atoms in total. The first-order valence-electron chi connectivity index (χ1n) is 8.37. The van der Waals surface area contributed by atoms with Crippen molar-refractivity contribution < 1.29 is 9.32 Å². The highest BCUT2D eigenvalue weighted by Crippen LogP contribution is 2.34. The SMILES string of the molecule is CC(C)c1noc([C@H]2CC(=O)N(c3ccc4c(c3)CCC4)C2)n1. The minimum atomic E-state index is -0.00393. The molecule has 23 heavy (non-hydrogen) atoms. The van der Waals surface area contributed by atoms with E-state index in [-0.39, 0.29) is 17.7 Å². The molecule has 1 fully saturated rings. The fourth-order valence-corrected chi connectivity index (χ4v) is 3.50. The highest BCUT2D eigenvalue weighted by atomic mass is 16.5. The second-order valence-electron chi connectivity index (χ2n) is 6.86. The van der Waals surface area contributed by atoms with E-state index in [9.17, 15) is 4.79 Å². The second kappa shape index (κ2) is 5.48. The van der Waals surface area contributed by atoms with E-state index in [0.29, 0.717) is 24.7 Å². The third kappa shape index (κ3) is 2.54. The van der Waals surface area contributed by atoms with Gasteiger partial charge in [-0.1, -0.05) is 25.1 Å². The Kier molecular flexibility index (Phi) is 3.43. The number of benzene rings is 1. The lowest BCUT2D eigenvalue weighted by Gasteiger charge is -2.17. The van der Waals surface area contributed by atoms with Gasteiger partial charge in [0.15, 0.2) is 5.82 Å². The molecular weight excluding hydrogens is 290 g/mol. The van der Waals surface area contributed by atoms with Gasteiger partial charge in [0.1, 0.15) is 0 Å². The Morgan fingerprint density at radius 3 is 2.87 bits per heavy atom. The zero-order valence-electron chi connectivity index (χ0n) is 13.6. The molecule has 0 N–H and O–H groups in total. The maximum Gasteiger partial charge on any atom is 0.232 e. The summed E-state index contributed by atoms with van der Waals surface area (Å²) in [5.41, 5.74) is 3.82. The molecule has 1 amide bonds. The number of amides is 1. The van der Waals surface area contributed by atoms with Crippen molar-refractivity contribution in [3.63, 3.8) is 0 Å². The summed E-state index contributed by atoms with van der Waals surface area (Å²) < 4.78 is 5.38. The quantitative estimate of drug-likeness (QED) is 0.873. The molecule has 4 rings (SSSR count).